The van der Waals surface area contributed by atoms with Crippen molar-refractivity contribution in [2.45, 2.75) is 50.3 Å². The summed E-state index contributed by atoms with van der Waals surface area (Å²) >= 11 is 0. The average molecular weight is 474 g/mol. The summed E-state index contributed by atoms with van der Waals surface area (Å²) in [6.45, 7) is 6.66. The van der Waals surface area contributed by atoms with Gasteiger partial charge in [0.1, 0.15) is 5.82 Å². The predicted molar refractivity (Wildman–Crippen MR) is 132 cm³/mol. The van der Waals surface area contributed by atoms with Crippen LogP contribution in [0.5, 0.6) is 0 Å². The van der Waals surface area contributed by atoms with Crippen molar-refractivity contribution >= 4 is 11.8 Å². The predicted octanol–water partition coefficient (Wildman–Crippen LogP) is 2.03. The number of nitrogens with zero attached hydrogens (tertiary/aromatic N) is 4. The zero-order valence-electron chi connectivity index (χ0n) is 20.0. The molecule has 1 aromatic carbocycles. The Morgan fingerprint density at radius 2 is 2.09 bits per heavy atom. The number of likely N-dealkylation sites (tertiary alicyclic amines) is 1. The fraction of sp³-hybridized carbons (Fsp3) is 0.444. The van der Waals surface area contributed by atoms with Crippen LogP contribution in [-0.4, -0.2) is 69.1 Å². The van der Waals surface area contributed by atoms with Gasteiger partial charge in [-0.15, -0.1) is 6.58 Å². The second-order valence-corrected chi connectivity index (χ2v) is 9.75. The van der Waals surface area contributed by atoms with Crippen molar-refractivity contribution in [3.8, 4) is 23.2 Å². The van der Waals surface area contributed by atoms with Gasteiger partial charge in [0.25, 0.3) is 11.8 Å². The highest BCUT2D eigenvalue weighted by Crippen LogP contribution is 2.53. The molecule has 1 saturated carbocycles. The van der Waals surface area contributed by atoms with Crippen LogP contribution in [0.15, 0.2) is 30.9 Å². The van der Waals surface area contributed by atoms with Crippen molar-refractivity contribution in [2.24, 2.45) is 5.73 Å². The Kier molecular flexibility index (Phi) is 6.22. The Hall–Kier alpha value is -3.41. The number of carbonyl (C=O) groups excluding carboxylic acids is 2. The van der Waals surface area contributed by atoms with Crippen LogP contribution in [0.2, 0.25) is 0 Å². The van der Waals surface area contributed by atoms with Crippen LogP contribution in [0, 0.1) is 11.8 Å². The van der Waals surface area contributed by atoms with Gasteiger partial charge < -0.3 is 20.3 Å². The molecule has 1 aliphatic carbocycles. The smallest absolute Gasteiger partial charge is 0.269 e. The van der Waals surface area contributed by atoms with E-state index in [0.29, 0.717) is 36.3 Å². The highest BCUT2D eigenvalue weighted by atomic mass is 16.3. The second kappa shape index (κ2) is 9.33. The van der Waals surface area contributed by atoms with Gasteiger partial charge in [-0.05, 0) is 62.4 Å². The van der Waals surface area contributed by atoms with Crippen LogP contribution in [0.25, 0.3) is 11.4 Å². The topological polar surface area (TPSA) is 105 Å². The summed E-state index contributed by atoms with van der Waals surface area (Å²) in [5.74, 6) is 5.84. The summed E-state index contributed by atoms with van der Waals surface area (Å²) in [4.78, 5) is 33.1. The largest absolute Gasteiger partial charge is 0.372 e. The quantitative estimate of drug-likeness (QED) is 0.494. The standard InChI is InChI=1S/C27H31N5O3/c1-3-10-30(2)27(35)23(33)9-7-17-6-8-20-18-14-19(15-18)32-22(16-31-11-4-5-12-31)24(25(28)34)29-26(32)21(20)13-17/h3,6,8,13,18-19,23,33H,1,4-5,10-12,14-16H2,2H3,(H2,28,34)/t18?,19?,23-/m1/s1. The number of likely N-dealkylation sites (N-methyl/N-ethyl adjacent to an activating group) is 1. The lowest BCUT2D eigenvalue weighted by Crippen LogP contribution is -2.35. The lowest BCUT2D eigenvalue weighted by molar-refractivity contribution is -0.135. The Balaban J connectivity index is 1.52. The fourth-order valence-corrected chi connectivity index (χ4v) is 5.49. The van der Waals surface area contributed by atoms with E-state index in [4.69, 9.17) is 10.7 Å². The highest BCUT2D eigenvalue weighted by molar-refractivity contribution is 5.93. The molecule has 2 bridgehead atoms. The number of primary amides is 1. The number of aromatic nitrogens is 2. The molecule has 0 radical (unpaired) electrons. The third-order valence-corrected chi connectivity index (χ3v) is 7.39. The molecule has 35 heavy (non-hydrogen) atoms. The van der Waals surface area contributed by atoms with Crippen LogP contribution >= 0.6 is 0 Å². The molecule has 8 heteroatoms. The molecular weight excluding hydrogens is 442 g/mol. The minimum Gasteiger partial charge on any atom is -0.372 e. The second-order valence-electron chi connectivity index (χ2n) is 9.75. The molecule has 1 aromatic heterocycles. The molecule has 3 N–H and O–H groups in total. The Morgan fingerprint density at radius 1 is 1.34 bits per heavy atom. The number of nitrogens with two attached hydrogens (primary N) is 1. The molecule has 1 saturated heterocycles. The molecule has 2 fully saturated rings. The first kappa shape index (κ1) is 23.3. The maximum atomic E-state index is 12.4. The molecule has 4 aliphatic rings. The maximum Gasteiger partial charge on any atom is 0.269 e. The van der Waals surface area contributed by atoms with E-state index in [1.807, 2.05) is 12.1 Å². The third kappa shape index (κ3) is 4.26. The maximum absolute atomic E-state index is 12.4. The van der Waals surface area contributed by atoms with Crippen LogP contribution in [0.1, 0.15) is 65.0 Å². The van der Waals surface area contributed by atoms with Crippen LogP contribution in [0.4, 0.5) is 0 Å². The summed E-state index contributed by atoms with van der Waals surface area (Å²) in [5, 5.41) is 10.2. The summed E-state index contributed by atoms with van der Waals surface area (Å²) in [5.41, 5.74) is 9.86. The van der Waals surface area contributed by atoms with Gasteiger partial charge in [0.05, 0.1) is 5.69 Å². The van der Waals surface area contributed by atoms with E-state index in [1.54, 1.807) is 13.1 Å². The summed E-state index contributed by atoms with van der Waals surface area (Å²) < 4.78 is 2.24. The number of carbonyl (C=O) groups is 2. The SMILES string of the molecule is C=CCN(C)C(=O)[C@H](O)C#Cc1ccc2c(c1)-c1nc(C(N)=O)c(CN3CCCC3)n1C1CC2C1. The number of aliphatic hydroxyl groups is 1. The van der Waals surface area contributed by atoms with E-state index >= 15 is 0 Å². The number of imidazole rings is 1. The minimum absolute atomic E-state index is 0.301. The van der Waals surface area contributed by atoms with Gasteiger partial charge >= 0.3 is 0 Å². The zero-order chi connectivity index (χ0) is 24.7. The molecule has 8 nitrogen and oxygen atoms in total. The summed E-state index contributed by atoms with van der Waals surface area (Å²) in [7, 11) is 1.60. The van der Waals surface area contributed by atoms with Crippen LogP contribution in [-0.2, 0) is 11.3 Å². The van der Waals surface area contributed by atoms with Gasteiger partial charge in [0.2, 0.25) is 0 Å². The van der Waals surface area contributed by atoms with Gasteiger partial charge in [-0.25, -0.2) is 4.98 Å². The van der Waals surface area contributed by atoms with E-state index in [0.717, 1.165) is 43.0 Å². The number of amides is 2. The first-order chi connectivity index (χ1) is 16.9. The molecule has 0 spiro atoms. The number of aliphatic hydroxyl groups excluding tert-OH is 1. The van der Waals surface area contributed by atoms with Gasteiger partial charge in [-0.2, -0.15) is 0 Å². The summed E-state index contributed by atoms with van der Waals surface area (Å²) in [6, 6.07) is 6.24. The van der Waals surface area contributed by atoms with Gasteiger partial charge in [-0.1, -0.05) is 24.0 Å². The minimum atomic E-state index is -1.41. The van der Waals surface area contributed by atoms with Crippen LogP contribution in [0.3, 0.4) is 0 Å². The molecule has 6 rings (SSSR count). The normalized spacial score (nSPS) is 21.0. The summed E-state index contributed by atoms with van der Waals surface area (Å²) in [6.07, 6.45) is 4.53. The lowest BCUT2D eigenvalue weighted by Gasteiger charge is -2.36. The van der Waals surface area contributed by atoms with Crippen molar-refractivity contribution in [3.63, 3.8) is 0 Å². The van der Waals surface area contributed by atoms with Crippen molar-refractivity contribution in [2.75, 3.05) is 26.7 Å². The molecule has 0 unspecified atom stereocenters. The Morgan fingerprint density at radius 3 is 2.77 bits per heavy atom. The molecule has 4 heterocycles. The molecule has 182 valence electrons. The van der Waals surface area contributed by atoms with Gasteiger partial charge in [-0.3, -0.25) is 14.5 Å². The molecule has 3 aliphatic heterocycles. The van der Waals surface area contributed by atoms with E-state index in [-0.39, 0.29) is 0 Å². The average Bonchev–Trinajstić information content (AvgIpc) is 3.40. The van der Waals surface area contributed by atoms with Crippen LogP contribution < -0.4 is 5.73 Å². The van der Waals surface area contributed by atoms with Crippen molar-refractivity contribution in [3.05, 3.63) is 53.4 Å². The molecule has 2 aromatic rings. The van der Waals surface area contributed by atoms with E-state index in [2.05, 4.69) is 34.0 Å². The molecular formula is C27H31N5O3. The van der Waals surface area contributed by atoms with Crippen molar-refractivity contribution in [1.82, 2.24) is 19.4 Å². The third-order valence-electron chi connectivity index (χ3n) is 7.39. The Labute approximate surface area is 205 Å². The lowest BCUT2D eigenvalue weighted by atomic mass is 9.75. The Bertz CT molecular complexity index is 1240. The fourth-order valence-electron chi connectivity index (χ4n) is 5.49. The monoisotopic (exact) mass is 473 g/mol. The number of rotatable bonds is 6. The van der Waals surface area contributed by atoms with Crippen molar-refractivity contribution < 1.29 is 14.7 Å². The molecule has 2 amide bonds. The number of hydrogen-bond acceptors (Lipinski definition) is 5. The van der Waals surface area contributed by atoms with Gasteiger partial charge in [0, 0.05) is 37.3 Å². The molecule has 1 atom stereocenters. The first-order valence-corrected chi connectivity index (χ1v) is 12.2. The number of hydrogen-bond donors (Lipinski definition) is 2. The zero-order valence-corrected chi connectivity index (χ0v) is 20.0. The number of benzene rings is 1. The van der Waals surface area contributed by atoms with Crippen molar-refractivity contribution in [1.29, 1.82) is 0 Å². The van der Waals surface area contributed by atoms with E-state index in [9.17, 15) is 14.7 Å². The highest BCUT2D eigenvalue weighted by Gasteiger charge is 2.41. The van der Waals surface area contributed by atoms with E-state index < -0.39 is 17.9 Å². The van der Waals surface area contributed by atoms with Gasteiger partial charge in [0.15, 0.2) is 11.8 Å². The van der Waals surface area contributed by atoms with E-state index in [1.165, 1.54) is 23.3 Å². The first-order valence-electron chi connectivity index (χ1n) is 12.2.